The van der Waals surface area contributed by atoms with Gasteiger partial charge in [0.15, 0.2) is 0 Å². The molecule has 5 heteroatoms. The number of unbranched alkanes of at least 4 members (excludes halogenated alkanes) is 16. The Hall–Kier alpha value is -0.650. The molecule has 0 rings (SSSR count). The Kier molecular flexibility index (Phi) is 38.2. The van der Waals surface area contributed by atoms with E-state index < -0.39 is 5.97 Å². The van der Waals surface area contributed by atoms with Crippen molar-refractivity contribution >= 4 is 5.97 Å². The van der Waals surface area contributed by atoms with E-state index in [-0.39, 0.29) is 24.7 Å². The van der Waals surface area contributed by atoms with E-state index in [1.54, 1.807) is 0 Å². The fraction of sp³-hybridized carbons (Fsp3) is 0.974. The van der Waals surface area contributed by atoms with Crippen LogP contribution in [-0.2, 0) is 4.79 Å². The fourth-order valence-corrected chi connectivity index (χ4v) is 5.26. The average Bonchev–Trinajstić information content (AvgIpc) is 2.99. The maximum Gasteiger partial charge on any atom is 0.303 e. The molecule has 0 radical (unpaired) electrons. The van der Waals surface area contributed by atoms with E-state index >= 15 is 0 Å². The first-order valence-electron chi connectivity index (χ1n) is 19.1. The molecule has 0 aliphatic carbocycles. The van der Waals surface area contributed by atoms with Crippen LogP contribution in [0, 0.1) is 10.8 Å². The highest BCUT2D eigenvalue weighted by atomic mass is 16.4. The lowest BCUT2D eigenvalue weighted by Gasteiger charge is -2.27. The molecule has 1 atom stereocenters. The largest absolute Gasteiger partial charge is 0.481 e. The number of aliphatic hydroxyl groups is 3. The van der Waals surface area contributed by atoms with Gasteiger partial charge in [-0.1, -0.05) is 170 Å². The Morgan fingerprint density at radius 3 is 1.27 bits per heavy atom. The summed E-state index contributed by atoms with van der Waals surface area (Å²) in [4.78, 5) is 10.2. The monoisotopic (exact) mass is 631 g/mol. The van der Waals surface area contributed by atoms with Crippen molar-refractivity contribution in [2.24, 2.45) is 10.8 Å². The minimum atomic E-state index is -0.675. The van der Waals surface area contributed by atoms with Crippen molar-refractivity contribution < 1.29 is 25.2 Å². The number of hydrogen-bond acceptors (Lipinski definition) is 4. The molecule has 0 amide bonds. The average molecular weight is 631 g/mol. The van der Waals surface area contributed by atoms with Gasteiger partial charge in [-0.05, 0) is 43.9 Å². The van der Waals surface area contributed by atoms with Crippen LogP contribution in [0.25, 0.3) is 0 Å². The van der Waals surface area contributed by atoms with Gasteiger partial charge < -0.3 is 20.4 Å². The quantitative estimate of drug-likeness (QED) is 0.0645. The summed E-state index contributed by atoms with van der Waals surface area (Å²) in [5.41, 5.74) is 0.180. The molecule has 0 saturated carbocycles. The highest BCUT2D eigenvalue weighted by molar-refractivity contribution is 5.66. The Balaban J connectivity index is -0.000000622. The fourth-order valence-electron chi connectivity index (χ4n) is 5.26. The first-order chi connectivity index (χ1) is 21.0. The Morgan fingerprint density at radius 2 is 0.932 bits per heavy atom. The molecule has 0 aromatic carbocycles. The normalized spacial score (nSPS) is 12.2. The zero-order chi connectivity index (χ0) is 34.0. The highest BCUT2D eigenvalue weighted by Crippen LogP contribution is 2.27. The van der Waals surface area contributed by atoms with E-state index in [2.05, 4.69) is 41.5 Å². The summed E-state index contributed by atoms with van der Waals surface area (Å²) in [6, 6.07) is 0. The van der Waals surface area contributed by atoms with Gasteiger partial charge in [-0.15, -0.1) is 0 Å². The van der Waals surface area contributed by atoms with Crippen molar-refractivity contribution in [3.63, 3.8) is 0 Å². The predicted molar refractivity (Wildman–Crippen MR) is 192 cm³/mol. The molecule has 0 spiro atoms. The van der Waals surface area contributed by atoms with Crippen LogP contribution >= 0.6 is 0 Å². The molecular weight excluding hydrogens is 548 g/mol. The van der Waals surface area contributed by atoms with Crippen LogP contribution in [0.4, 0.5) is 0 Å². The van der Waals surface area contributed by atoms with Crippen molar-refractivity contribution in [3.8, 4) is 0 Å². The molecule has 0 fully saturated rings. The molecule has 0 aromatic heterocycles. The molecule has 0 aliphatic rings. The number of hydrogen-bond donors (Lipinski definition) is 4. The van der Waals surface area contributed by atoms with Crippen molar-refractivity contribution in [2.45, 2.75) is 222 Å². The van der Waals surface area contributed by atoms with E-state index in [9.17, 15) is 9.90 Å². The number of aliphatic hydroxyl groups excluding tert-OH is 3. The number of aliphatic carboxylic acids is 1. The minimum absolute atomic E-state index is 0.0271. The third-order valence-electron chi connectivity index (χ3n) is 8.83. The SMILES string of the molecule is CC(C)(C)CCCCCC(=O)O.CCCCC(CC)(CO)CO.CCCCCCCCCCCC(O)CCCCCCCC. The molecule has 0 aromatic rings. The number of carboxylic acid groups (broad SMARTS) is 1. The molecule has 268 valence electrons. The van der Waals surface area contributed by atoms with Gasteiger partial charge in [-0.25, -0.2) is 0 Å². The lowest BCUT2D eigenvalue weighted by molar-refractivity contribution is -0.137. The van der Waals surface area contributed by atoms with E-state index in [0.29, 0.717) is 11.8 Å². The first kappa shape index (κ1) is 47.8. The molecule has 0 saturated heterocycles. The van der Waals surface area contributed by atoms with Crippen LogP contribution in [0.5, 0.6) is 0 Å². The Morgan fingerprint density at radius 1 is 0.545 bits per heavy atom. The van der Waals surface area contributed by atoms with Crippen LogP contribution in [0.15, 0.2) is 0 Å². The minimum Gasteiger partial charge on any atom is -0.481 e. The molecule has 0 heterocycles. The van der Waals surface area contributed by atoms with Gasteiger partial charge >= 0.3 is 5.97 Å². The molecule has 0 bridgehead atoms. The summed E-state index contributed by atoms with van der Waals surface area (Å²) in [5, 5.41) is 36.4. The number of rotatable bonds is 28. The maximum atomic E-state index is 10.2. The first-order valence-corrected chi connectivity index (χ1v) is 19.1. The smallest absolute Gasteiger partial charge is 0.303 e. The topological polar surface area (TPSA) is 98.0 Å². The number of carboxylic acids is 1. The Labute approximate surface area is 276 Å². The predicted octanol–water partition coefficient (Wildman–Crippen LogP) is 11.6. The van der Waals surface area contributed by atoms with Crippen molar-refractivity contribution in [3.05, 3.63) is 0 Å². The van der Waals surface area contributed by atoms with Crippen molar-refractivity contribution in [1.29, 1.82) is 0 Å². The van der Waals surface area contributed by atoms with Crippen LogP contribution < -0.4 is 0 Å². The lowest BCUT2D eigenvalue weighted by atomic mass is 9.82. The molecule has 0 aliphatic heterocycles. The van der Waals surface area contributed by atoms with Crippen LogP contribution in [0.2, 0.25) is 0 Å². The molecular formula is C39H82O5. The molecule has 1 unspecified atom stereocenters. The lowest BCUT2D eigenvalue weighted by Crippen LogP contribution is -2.28. The number of carbonyl (C=O) groups is 1. The third kappa shape index (κ3) is 39.4. The second-order valence-electron chi connectivity index (χ2n) is 14.6. The molecule has 4 N–H and O–H groups in total. The van der Waals surface area contributed by atoms with Crippen LogP contribution in [-0.4, -0.2) is 45.7 Å². The standard InChI is InChI=1S/C20H42O.C10H20O2.C9H20O2/c1-3-5-7-9-11-12-13-15-17-19-20(21)18-16-14-10-8-6-4-2;1-10(2,3)8-6-4-5-7-9(11)12;1-3-5-6-9(4-2,7-10)8-11/h20-21H,3-19H2,1-2H3;4-8H2,1-3H3,(H,11,12);10-11H,3-8H2,1-2H3. The summed E-state index contributed by atoms with van der Waals surface area (Å²) in [7, 11) is 0. The van der Waals surface area contributed by atoms with Gasteiger partial charge in [-0.3, -0.25) is 4.79 Å². The summed E-state index contributed by atoms with van der Waals surface area (Å²) < 4.78 is 0. The second kappa shape index (κ2) is 35.2. The second-order valence-corrected chi connectivity index (χ2v) is 14.6. The van der Waals surface area contributed by atoms with E-state index in [1.165, 1.54) is 103 Å². The summed E-state index contributed by atoms with van der Waals surface area (Å²) in [6.45, 7) is 15.5. The Bertz CT molecular complexity index is 545. The van der Waals surface area contributed by atoms with Gasteiger partial charge in [-0.2, -0.15) is 0 Å². The highest BCUT2D eigenvalue weighted by Gasteiger charge is 2.25. The molecule has 44 heavy (non-hydrogen) atoms. The summed E-state index contributed by atoms with van der Waals surface area (Å²) in [6.07, 6.45) is 30.9. The third-order valence-corrected chi connectivity index (χ3v) is 8.83. The van der Waals surface area contributed by atoms with Crippen LogP contribution in [0.1, 0.15) is 215 Å². The van der Waals surface area contributed by atoms with E-state index in [0.717, 1.165) is 57.8 Å². The summed E-state index contributed by atoms with van der Waals surface area (Å²) >= 11 is 0. The van der Waals surface area contributed by atoms with E-state index in [4.69, 9.17) is 15.3 Å². The zero-order valence-corrected chi connectivity index (χ0v) is 31.1. The van der Waals surface area contributed by atoms with Gasteiger partial charge in [0.05, 0.1) is 19.3 Å². The van der Waals surface area contributed by atoms with E-state index in [1.807, 2.05) is 6.92 Å². The van der Waals surface area contributed by atoms with Crippen molar-refractivity contribution in [1.82, 2.24) is 0 Å². The summed E-state index contributed by atoms with van der Waals surface area (Å²) in [5.74, 6) is -0.675. The van der Waals surface area contributed by atoms with Gasteiger partial charge in [0.1, 0.15) is 0 Å². The van der Waals surface area contributed by atoms with Crippen molar-refractivity contribution in [2.75, 3.05) is 13.2 Å². The maximum absolute atomic E-state index is 10.2. The van der Waals surface area contributed by atoms with Gasteiger partial charge in [0.2, 0.25) is 0 Å². The molecule has 5 nitrogen and oxygen atoms in total. The van der Waals surface area contributed by atoms with Gasteiger partial charge in [0.25, 0.3) is 0 Å². The zero-order valence-electron chi connectivity index (χ0n) is 31.1. The van der Waals surface area contributed by atoms with Crippen LogP contribution in [0.3, 0.4) is 0 Å². The van der Waals surface area contributed by atoms with Gasteiger partial charge in [0, 0.05) is 11.8 Å².